The first-order chi connectivity index (χ1) is 11.7. The monoisotopic (exact) mass is 319 g/mol. The average molecular weight is 319 g/mol. The molecule has 4 aromatic rings. The zero-order valence-electron chi connectivity index (χ0n) is 12.7. The standard InChI is InChI=1S/C16H13N7O/c1-9-13-6-11(7-17-15(13)23-21-9)16(24)20-12-4-2-3-10(5-12)14-18-8-19-22-14/h2-8H,1H3,(H,20,24)(H,17,21,23)(H,18,19,22). The molecule has 8 heteroatoms. The first-order valence-electron chi connectivity index (χ1n) is 7.28. The van der Waals surface area contributed by atoms with Crippen molar-refractivity contribution in [3.8, 4) is 11.4 Å². The Morgan fingerprint density at radius 2 is 2.08 bits per heavy atom. The molecule has 0 saturated heterocycles. The number of hydrogen-bond acceptors (Lipinski definition) is 5. The number of benzene rings is 1. The minimum atomic E-state index is -0.236. The lowest BCUT2D eigenvalue weighted by Gasteiger charge is -2.06. The van der Waals surface area contributed by atoms with Gasteiger partial charge in [-0.15, -0.1) is 0 Å². The Balaban J connectivity index is 1.61. The highest BCUT2D eigenvalue weighted by atomic mass is 16.1. The van der Waals surface area contributed by atoms with Gasteiger partial charge >= 0.3 is 0 Å². The van der Waals surface area contributed by atoms with Crippen molar-refractivity contribution in [1.82, 2.24) is 30.4 Å². The molecule has 3 aromatic heterocycles. The van der Waals surface area contributed by atoms with E-state index in [1.54, 1.807) is 6.07 Å². The van der Waals surface area contributed by atoms with Gasteiger partial charge in [0.05, 0.1) is 5.56 Å². The van der Waals surface area contributed by atoms with E-state index in [-0.39, 0.29) is 5.91 Å². The second-order valence-electron chi connectivity index (χ2n) is 5.31. The lowest BCUT2D eigenvalue weighted by Crippen LogP contribution is -2.12. The zero-order chi connectivity index (χ0) is 16.5. The molecular formula is C16H13N7O. The molecule has 0 spiro atoms. The van der Waals surface area contributed by atoms with Crippen LogP contribution < -0.4 is 5.32 Å². The summed E-state index contributed by atoms with van der Waals surface area (Å²) in [5.74, 6) is 0.405. The molecule has 0 saturated carbocycles. The van der Waals surface area contributed by atoms with Gasteiger partial charge < -0.3 is 5.32 Å². The fraction of sp³-hybridized carbons (Fsp3) is 0.0625. The molecule has 0 atom stereocenters. The second kappa shape index (κ2) is 5.58. The van der Waals surface area contributed by atoms with Gasteiger partial charge in [0.25, 0.3) is 5.91 Å². The van der Waals surface area contributed by atoms with Crippen molar-refractivity contribution in [2.75, 3.05) is 5.32 Å². The summed E-state index contributed by atoms with van der Waals surface area (Å²) in [4.78, 5) is 20.8. The molecule has 1 amide bonds. The minimum absolute atomic E-state index is 0.236. The van der Waals surface area contributed by atoms with Crippen LogP contribution in [0.3, 0.4) is 0 Å². The van der Waals surface area contributed by atoms with Gasteiger partial charge in [-0.05, 0) is 25.1 Å². The summed E-state index contributed by atoms with van der Waals surface area (Å²) >= 11 is 0. The van der Waals surface area contributed by atoms with E-state index >= 15 is 0 Å². The van der Waals surface area contributed by atoms with Gasteiger partial charge in [-0.25, -0.2) is 9.97 Å². The second-order valence-corrected chi connectivity index (χ2v) is 5.31. The Kier molecular flexibility index (Phi) is 3.27. The van der Waals surface area contributed by atoms with Gasteiger partial charge in [0.15, 0.2) is 11.5 Å². The Morgan fingerprint density at radius 1 is 1.17 bits per heavy atom. The maximum Gasteiger partial charge on any atom is 0.257 e. The Bertz CT molecular complexity index is 1020. The number of H-pyrrole nitrogens is 2. The summed E-state index contributed by atoms with van der Waals surface area (Å²) in [5, 5.41) is 17.2. The molecule has 0 aliphatic heterocycles. The molecule has 118 valence electrons. The molecule has 1 aromatic carbocycles. The van der Waals surface area contributed by atoms with E-state index in [4.69, 9.17) is 0 Å². The summed E-state index contributed by atoms with van der Waals surface area (Å²) in [6.45, 7) is 1.89. The van der Waals surface area contributed by atoms with Gasteiger partial charge in [-0.1, -0.05) is 12.1 Å². The molecule has 0 fully saturated rings. The van der Waals surface area contributed by atoms with Gasteiger partial charge in [-0.3, -0.25) is 15.0 Å². The number of carbonyl (C=O) groups is 1. The number of hydrogen-bond donors (Lipinski definition) is 3. The largest absolute Gasteiger partial charge is 0.322 e. The first-order valence-corrected chi connectivity index (χ1v) is 7.28. The molecule has 0 unspecified atom stereocenters. The van der Waals surface area contributed by atoms with E-state index < -0.39 is 0 Å². The van der Waals surface area contributed by atoms with E-state index in [0.29, 0.717) is 22.7 Å². The van der Waals surface area contributed by atoms with Crippen molar-refractivity contribution in [2.45, 2.75) is 6.92 Å². The number of pyridine rings is 1. The number of nitrogens with zero attached hydrogens (tertiary/aromatic N) is 4. The zero-order valence-corrected chi connectivity index (χ0v) is 12.7. The SMILES string of the molecule is Cc1[nH]nc2ncc(C(=O)Nc3cccc(-c4ncn[nH]4)c3)cc12. The van der Waals surface area contributed by atoms with Crippen molar-refractivity contribution in [3.63, 3.8) is 0 Å². The van der Waals surface area contributed by atoms with Crippen LogP contribution in [0.25, 0.3) is 22.4 Å². The quantitative estimate of drug-likeness (QED) is 0.536. The van der Waals surface area contributed by atoms with Crippen LogP contribution >= 0.6 is 0 Å². The Hall–Kier alpha value is -3.55. The lowest BCUT2D eigenvalue weighted by atomic mass is 10.1. The predicted octanol–water partition coefficient (Wildman–Crippen LogP) is 2.30. The van der Waals surface area contributed by atoms with Crippen LogP contribution in [-0.2, 0) is 0 Å². The number of aryl methyl sites for hydroxylation is 1. The number of amides is 1. The normalized spacial score (nSPS) is 10.9. The highest BCUT2D eigenvalue weighted by Gasteiger charge is 2.11. The molecule has 3 heterocycles. The summed E-state index contributed by atoms with van der Waals surface area (Å²) < 4.78 is 0. The maximum atomic E-state index is 12.5. The molecule has 0 aliphatic rings. The van der Waals surface area contributed by atoms with E-state index in [2.05, 4.69) is 35.7 Å². The van der Waals surface area contributed by atoms with Crippen LogP contribution in [0.4, 0.5) is 5.69 Å². The number of fused-ring (bicyclic) bond motifs is 1. The Morgan fingerprint density at radius 3 is 2.92 bits per heavy atom. The number of aromatic nitrogens is 6. The van der Waals surface area contributed by atoms with Crippen molar-refractivity contribution in [3.05, 3.63) is 54.1 Å². The third kappa shape index (κ3) is 2.50. The number of aromatic amines is 2. The van der Waals surface area contributed by atoms with Crippen molar-refractivity contribution < 1.29 is 4.79 Å². The smallest absolute Gasteiger partial charge is 0.257 e. The molecule has 0 aliphatic carbocycles. The van der Waals surface area contributed by atoms with E-state index in [9.17, 15) is 4.79 Å². The average Bonchev–Trinajstić information content (AvgIpc) is 3.25. The molecule has 0 radical (unpaired) electrons. The number of rotatable bonds is 3. The number of nitrogens with one attached hydrogen (secondary N) is 3. The van der Waals surface area contributed by atoms with Crippen LogP contribution in [0.1, 0.15) is 16.1 Å². The van der Waals surface area contributed by atoms with Crippen LogP contribution in [0.2, 0.25) is 0 Å². The Labute approximate surface area is 136 Å². The highest BCUT2D eigenvalue weighted by Crippen LogP contribution is 2.20. The molecule has 24 heavy (non-hydrogen) atoms. The van der Waals surface area contributed by atoms with E-state index in [0.717, 1.165) is 16.6 Å². The summed E-state index contributed by atoms with van der Waals surface area (Å²) in [7, 11) is 0. The van der Waals surface area contributed by atoms with E-state index in [1.807, 2.05) is 31.2 Å². The topological polar surface area (TPSA) is 112 Å². The highest BCUT2D eigenvalue weighted by molar-refractivity contribution is 6.05. The third-order valence-corrected chi connectivity index (χ3v) is 3.67. The fourth-order valence-electron chi connectivity index (χ4n) is 2.44. The summed E-state index contributed by atoms with van der Waals surface area (Å²) in [5.41, 5.74) is 3.44. The van der Waals surface area contributed by atoms with Gasteiger partial charge in [0.2, 0.25) is 0 Å². The number of anilines is 1. The molecule has 3 N–H and O–H groups in total. The molecule has 4 rings (SSSR count). The summed E-state index contributed by atoms with van der Waals surface area (Å²) in [6.07, 6.45) is 2.95. The molecule has 8 nitrogen and oxygen atoms in total. The third-order valence-electron chi connectivity index (χ3n) is 3.67. The number of carbonyl (C=O) groups excluding carboxylic acids is 1. The van der Waals surface area contributed by atoms with Gasteiger partial charge in [0.1, 0.15) is 6.33 Å². The molecular weight excluding hydrogens is 306 g/mol. The van der Waals surface area contributed by atoms with Crippen molar-refractivity contribution >= 4 is 22.6 Å². The van der Waals surface area contributed by atoms with Crippen molar-refractivity contribution in [1.29, 1.82) is 0 Å². The van der Waals surface area contributed by atoms with Crippen LogP contribution in [0.15, 0.2) is 42.9 Å². The predicted molar refractivity (Wildman–Crippen MR) is 88.4 cm³/mol. The van der Waals surface area contributed by atoms with Crippen molar-refractivity contribution in [2.24, 2.45) is 0 Å². The van der Waals surface area contributed by atoms with Gasteiger partial charge in [0, 0.05) is 28.5 Å². The first kappa shape index (κ1) is 14.1. The maximum absolute atomic E-state index is 12.5. The minimum Gasteiger partial charge on any atom is -0.322 e. The van der Waals surface area contributed by atoms with Gasteiger partial charge in [-0.2, -0.15) is 10.2 Å². The van der Waals surface area contributed by atoms with Crippen LogP contribution in [0.5, 0.6) is 0 Å². The lowest BCUT2D eigenvalue weighted by molar-refractivity contribution is 0.102. The van der Waals surface area contributed by atoms with Crippen LogP contribution in [0, 0.1) is 6.92 Å². The molecule has 0 bridgehead atoms. The van der Waals surface area contributed by atoms with E-state index in [1.165, 1.54) is 12.5 Å². The fourth-order valence-corrected chi connectivity index (χ4v) is 2.44. The summed E-state index contributed by atoms with van der Waals surface area (Å²) in [6, 6.07) is 9.14. The van der Waals surface area contributed by atoms with Crippen LogP contribution in [-0.4, -0.2) is 36.3 Å².